The van der Waals surface area contributed by atoms with Gasteiger partial charge in [0.05, 0.1) is 12.6 Å². The van der Waals surface area contributed by atoms with Gasteiger partial charge >= 0.3 is 5.69 Å². The molecule has 1 heterocycles. The molecule has 0 aliphatic carbocycles. The third-order valence-corrected chi connectivity index (χ3v) is 2.36. The van der Waals surface area contributed by atoms with E-state index in [0.717, 1.165) is 11.1 Å². The van der Waals surface area contributed by atoms with Gasteiger partial charge in [-0.05, 0) is 19.2 Å². The Morgan fingerprint density at radius 3 is 3.00 bits per heavy atom. The van der Waals surface area contributed by atoms with Gasteiger partial charge in [-0.25, -0.2) is 4.79 Å². The molecule has 2 rings (SSSR count). The molecule has 0 aliphatic heterocycles. The van der Waals surface area contributed by atoms with E-state index in [0.29, 0.717) is 17.8 Å². The molecule has 0 amide bonds. The Labute approximate surface area is 92.5 Å². The molecule has 0 aliphatic rings. The number of H-pyrrole nitrogens is 1. The van der Waals surface area contributed by atoms with Crippen LogP contribution in [0.3, 0.4) is 0 Å². The predicted molar refractivity (Wildman–Crippen MR) is 61.7 cm³/mol. The van der Waals surface area contributed by atoms with Crippen molar-refractivity contribution >= 4 is 10.9 Å². The minimum Gasteiger partial charge on any atom is -0.497 e. The molecule has 0 spiro atoms. The number of hydrogen-bond acceptors (Lipinski definition) is 4. The standard InChI is InChI=1S/C11H13N3O2/c1-12-6-10-8-4-3-7(16-2)5-9(8)13-11(15)14-10/h3-5,12H,6H2,1-2H3,(H,13,14,15). The topological polar surface area (TPSA) is 67.0 Å². The lowest BCUT2D eigenvalue weighted by atomic mass is 10.2. The first-order valence-corrected chi connectivity index (χ1v) is 4.96. The Hall–Kier alpha value is -1.88. The molecule has 0 saturated heterocycles. The molecule has 0 fully saturated rings. The average molecular weight is 219 g/mol. The van der Waals surface area contributed by atoms with E-state index in [2.05, 4.69) is 15.3 Å². The molecular weight excluding hydrogens is 206 g/mol. The second kappa shape index (κ2) is 4.32. The monoisotopic (exact) mass is 219 g/mol. The summed E-state index contributed by atoms with van der Waals surface area (Å²) in [6.45, 7) is 0.598. The minimum atomic E-state index is -0.342. The summed E-state index contributed by atoms with van der Waals surface area (Å²) in [7, 11) is 3.41. The lowest BCUT2D eigenvalue weighted by molar-refractivity contribution is 0.415. The third kappa shape index (κ3) is 1.90. The molecule has 2 aromatic rings. The number of ether oxygens (including phenoxy) is 1. The largest absolute Gasteiger partial charge is 0.497 e. The Kier molecular flexibility index (Phi) is 2.87. The van der Waals surface area contributed by atoms with Gasteiger partial charge in [0.25, 0.3) is 0 Å². The maximum absolute atomic E-state index is 11.3. The van der Waals surface area contributed by atoms with Crippen molar-refractivity contribution in [1.29, 1.82) is 0 Å². The second-order valence-corrected chi connectivity index (χ2v) is 3.43. The summed E-state index contributed by atoms with van der Waals surface area (Å²) in [6, 6.07) is 5.50. The van der Waals surface area contributed by atoms with Gasteiger partial charge in [-0.15, -0.1) is 0 Å². The van der Waals surface area contributed by atoms with Crippen molar-refractivity contribution in [2.24, 2.45) is 0 Å². The van der Waals surface area contributed by atoms with Crippen molar-refractivity contribution in [3.8, 4) is 5.75 Å². The van der Waals surface area contributed by atoms with Gasteiger partial charge in [-0.2, -0.15) is 4.98 Å². The normalized spacial score (nSPS) is 10.6. The van der Waals surface area contributed by atoms with E-state index >= 15 is 0 Å². The van der Waals surface area contributed by atoms with Crippen molar-refractivity contribution in [3.63, 3.8) is 0 Å². The van der Waals surface area contributed by atoms with Crippen LogP contribution in [0.2, 0.25) is 0 Å². The van der Waals surface area contributed by atoms with Crippen molar-refractivity contribution in [3.05, 3.63) is 34.4 Å². The lowest BCUT2D eigenvalue weighted by Gasteiger charge is -2.06. The van der Waals surface area contributed by atoms with Gasteiger partial charge in [-0.1, -0.05) is 0 Å². The Balaban J connectivity index is 2.68. The fraction of sp³-hybridized carbons (Fsp3) is 0.273. The van der Waals surface area contributed by atoms with E-state index < -0.39 is 0 Å². The van der Waals surface area contributed by atoms with Gasteiger partial charge in [0, 0.05) is 23.7 Å². The molecule has 5 heteroatoms. The molecular formula is C11H13N3O2. The molecule has 0 atom stereocenters. The van der Waals surface area contributed by atoms with Crippen LogP contribution in [0.25, 0.3) is 10.9 Å². The van der Waals surface area contributed by atoms with Crippen LogP contribution in [0.4, 0.5) is 0 Å². The van der Waals surface area contributed by atoms with Gasteiger partial charge in [0.1, 0.15) is 5.75 Å². The Morgan fingerprint density at radius 1 is 1.50 bits per heavy atom. The molecule has 1 aromatic carbocycles. The minimum absolute atomic E-state index is 0.342. The molecule has 0 radical (unpaired) electrons. The van der Waals surface area contributed by atoms with Crippen LogP contribution in [-0.4, -0.2) is 24.1 Å². The molecule has 2 N–H and O–H groups in total. The van der Waals surface area contributed by atoms with Crippen LogP contribution >= 0.6 is 0 Å². The highest BCUT2D eigenvalue weighted by atomic mass is 16.5. The summed E-state index contributed by atoms with van der Waals surface area (Å²) in [6.07, 6.45) is 0. The third-order valence-electron chi connectivity index (χ3n) is 2.36. The number of fused-ring (bicyclic) bond motifs is 1. The Bertz CT molecular complexity index is 563. The van der Waals surface area contributed by atoms with E-state index in [1.165, 1.54) is 0 Å². The van der Waals surface area contributed by atoms with Crippen molar-refractivity contribution in [2.75, 3.05) is 14.2 Å². The molecule has 0 unspecified atom stereocenters. The van der Waals surface area contributed by atoms with E-state index in [1.807, 2.05) is 19.2 Å². The SMILES string of the molecule is CNCc1[nH]c(=O)nc2cc(OC)ccc12. The summed E-state index contributed by atoms with van der Waals surface area (Å²) in [5.74, 6) is 0.695. The summed E-state index contributed by atoms with van der Waals surface area (Å²) in [4.78, 5) is 18.0. The molecule has 5 nitrogen and oxygen atoms in total. The number of rotatable bonds is 3. The number of nitrogens with one attached hydrogen (secondary N) is 2. The van der Waals surface area contributed by atoms with Crippen LogP contribution in [-0.2, 0) is 6.54 Å². The first-order chi connectivity index (χ1) is 7.74. The summed E-state index contributed by atoms with van der Waals surface area (Å²) >= 11 is 0. The van der Waals surface area contributed by atoms with Crippen LogP contribution < -0.4 is 15.7 Å². The van der Waals surface area contributed by atoms with Crippen molar-refractivity contribution in [2.45, 2.75) is 6.54 Å². The average Bonchev–Trinajstić information content (AvgIpc) is 2.28. The highest BCUT2D eigenvalue weighted by Crippen LogP contribution is 2.19. The van der Waals surface area contributed by atoms with Crippen molar-refractivity contribution < 1.29 is 4.74 Å². The predicted octanol–water partition coefficient (Wildman–Crippen LogP) is 0.651. The van der Waals surface area contributed by atoms with Crippen LogP contribution in [0.15, 0.2) is 23.0 Å². The molecule has 16 heavy (non-hydrogen) atoms. The number of aromatic amines is 1. The van der Waals surface area contributed by atoms with E-state index in [1.54, 1.807) is 13.2 Å². The maximum Gasteiger partial charge on any atom is 0.345 e. The molecule has 0 bridgehead atoms. The quantitative estimate of drug-likeness (QED) is 0.795. The van der Waals surface area contributed by atoms with E-state index in [9.17, 15) is 4.79 Å². The van der Waals surface area contributed by atoms with Crippen LogP contribution in [0, 0.1) is 0 Å². The highest BCUT2D eigenvalue weighted by Gasteiger charge is 2.04. The van der Waals surface area contributed by atoms with E-state index in [4.69, 9.17) is 4.74 Å². The smallest absolute Gasteiger partial charge is 0.345 e. The maximum atomic E-state index is 11.3. The zero-order chi connectivity index (χ0) is 11.5. The zero-order valence-electron chi connectivity index (χ0n) is 9.20. The first-order valence-electron chi connectivity index (χ1n) is 4.96. The first kappa shape index (κ1) is 10.6. The van der Waals surface area contributed by atoms with Crippen LogP contribution in [0.5, 0.6) is 5.75 Å². The molecule has 1 aromatic heterocycles. The van der Waals surface area contributed by atoms with E-state index in [-0.39, 0.29) is 5.69 Å². The zero-order valence-corrected chi connectivity index (χ0v) is 9.20. The summed E-state index contributed by atoms with van der Waals surface area (Å²) in [5.41, 5.74) is 1.14. The highest BCUT2D eigenvalue weighted by molar-refractivity contribution is 5.82. The fourth-order valence-electron chi connectivity index (χ4n) is 1.64. The fourth-order valence-corrected chi connectivity index (χ4v) is 1.64. The second-order valence-electron chi connectivity index (χ2n) is 3.43. The van der Waals surface area contributed by atoms with Gasteiger partial charge in [0.15, 0.2) is 0 Å². The number of benzene rings is 1. The number of nitrogens with zero attached hydrogens (tertiary/aromatic N) is 1. The molecule has 84 valence electrons. The lowest BCUT2D eigenvalue weighted by Crippen LogP contribution is -2.17. The van der Waals surface area contributed by atoms with Gasteiger partial charge < -0.3 is 15.0 Å². The molecule has 0 saturated carbocycles. The number of aromatic nitrogens is 2. The van der Waals surface area contributed by atoms with Crippen LogP contribution in [0.1, 0.15) is 5.69 Å². The summed E-state index contributed by atoms with van der Waals surface area (Å²) in [5, 5.41) is 3.93. The number of hydrogen-bond donors (Lipinski definition) is 2. The number of methoxy groups -OCH3 is 1. The van der Waals surface area contributed by atoms with Gasteiger partial charge in [0.2, 0.25) is 0 Å². The van der Waals surface area contributed by atoms with Gasteiger partial charge in [-0.3, -0.25) is 0 Å². The summed E-state index contributed by atoms with van der Waals surface area (Å²) < 4.78 is 5.09. The van der Waals surface area contributed by atoms with Crippen molar-refractivity contribution in [1.82, 2.24) is 15.3 Å². The Morgan fingerprint density at radius 2 is 2.31 bits per heavy atom.